The molecule has 1 saturated heterocycles. The van der Waals surface area contributed by atoms with E-state index in [4.69, 9.17) is 14.5 Å². The molecule has 2 aliphatic carbocycles. The molecule has 0 unspecified atom stereocenters. The Hall–Kier alpha value is -3.37. The molecule has 0 bridgehead atoms. The lowest BCUT2D eigenvalue weighted by molar-refractivity contribution is -0.231. The number of nitrogens with one attached hydrogen (secondary N) is 3. The van der Waals surface area contributed by atoms with Crippen LogP contribution in [0.25, 0.3) is 22.6 Å². The summed E-state index contributed by atoms with van der Waals surface area (Å²) in [6, 6.07) is 8.61. The number of anilines is 1. The number of imidazole rings is 1. The molecule has 0 atom stereocenters. The summed E-state index contributed by atoms with van der Waals surface area (Å²) in [6.45, 7) is 2.26. The number of carbonyl (C=O) groups excluding carboxylic acids is 1. The van der Waals surface area contributed by atoms with E-state index >= 15 is 0 Å². The third-order valence-electron chi connectivity index (χ3n) is 6.45. The van der Waals surface area contributed by atoms with Gasteiger partial charge in [0, 0.05) is 23.8 Å². The van der Waals surface area contributed by atoms with Crippen LogP contribution in [0, 0.1) is 11.2 Å². The number of carbonyl (C=O) groups is 1. The Kier molecular flexibility index (Phi) is 5.49. The molecule has 10 heteroatoms. The van der Waals surface area contributed by atoms with Crippen LogP contribution in [0.15, 0.2) is 36.5 Å². The molecule has 3 heterocycles. The lowest BCUT2D eigenvalue weighted by Gasteiger charge is -2.35. The summed E-state index contributed by atoms with van der Waals surface area (Å²) in [4.78, 5) is 29.7. The number of halogens is 1. The minimum Gasteiger partial charge on any atom is -0.353 e. The summed E-state index contributed by atoms with van der Waals surface area (Å²) < 4.78 is 25.5. The van der Waals surface area contributed by atoms with Gasteiger partial charge in [-0.2, -0.15) is 0 Å². The van der Waals surface area contributed by atoms with Gasteiger partial charge in [-0.1, -0.05) is 0 Å². The summed E-state index contributed by atoms with van der Waals surface area (Å²) >= 11 is 0. The van der Waals surface area contributed by atoms with E-state index in [-0.39, 0.29) is 31.0 Å². The minimum atomic E-state index is -0.768. The first kappa shape index (κ1) is 22.1. The largest absolute Gasteiger partial charge is 0.353 e. The van der Waals surface area contributed by atoms with Crippen LogP contribution in [0.1, 0.15) is 44.7 Å². The maximum Gasteiger partial charge on any atom is 0.230 e. The van der Waals surface area contributed by atoms with E-state index in [1.54, 1.807) is 24.4 Å². The highest BCUT2D eigenvalue weighted by Crippen LogP contribution is 2.36. The molecule has 3 aliphatic rings. The van der Waals surface area contributed by atoms with Crippen molar-refractivity contribution in [2.75, 3.05) is 18.5 Å². The number of aromatic amines is 1. The average molecular weight is 479 g/mol. The van der Waals surface area contributed by atoms with E-state index in [0.717, 1.165) is 31.2 Å². The molecule has 9 nitrogen and oxygen atoms in total. The van der Waals surface area contributed by atoms with Crippen molar-refractivity contribution in [3.63, 3.8) is 0 Å². The number of hydrogen-bond donors (Lipinski definition) is 3. The predicted octanol–water partition coefficient (Wildman–Crippen LogP) is 3.58. The fourth-order valence-electron chi connectivity index (χ4n) is 3.97. The van der Waals surface area contributed by atoms with Gasteiger partial charge in [0.2, 0.25) is 18.1 Å². The van der Waals surface area contributed by atoms with Crippen LogP contribution in [0.3, 0.4) is 0 Å². The number of aromatic nitrogens is 4. The van der Waals surface area contributed by atoms with Crippen molar-refractivity contribution >= 4 is 11.9 Å². The van der Waals surface area contributed by atoms with Gasteiger partial charge in [-0.25, -0.2) is 19.3 Å². The molecule has 3 fully saturated rings. The monoisotopic (exact) mass is 478 g/mol. The van der Waals surface area contributed by atoms with Crippen LogP contribution in [0.2, 0.25) is 0 Å². The lowest BCUT2D eigenvalue weighted by atomic mass is 9.91. The minimum absolute atomic E-state index is 0.0535. The van der Waals surface area contributed by atoms with Gasteiger partial charge in [0.25, 0.3) is 0 Å². The standard InChI is InChI=1S/C25H27FN6O3/c1-25(23(33)28-16-6-7-16)12-34-22(35-13-25)21-31-19(14-2-4-15(26)5-3-14)20(32-21)18-10-11-27-24(30-18)29-17-8-9-17/h2-5,10-11,16-17,22H,6-9,12-13H2,1H3,(H,28,33)(H,31,32)(H,27,29,30). The second-order valence-corrected chi connectivity index (χ2v) is 9.80. The van der Waals surface area contributed by atoms with E-state index < -0.39 is 11.7 Å². The zero-order valence-electron chi connectivity index (χ0n) is 19.4. The number of H-pyrrole nitrogens is 1. The summed E-state index contributed by atoms with van der Waals surface area (Å²) in [7, 11) is 0. The highest BCUT2D eigenvalue weighted by Gasteiger charge is 2.42. The Bertz CT molecular complexity index is 1230. The molecular formula is C25H27FN6O3. The smallest absolute Gasteiger partial charge is 0.230 e. The molecule has 1 amide bonds. The topological polar surface area (TPSA) is 114 Å². The molecule has 1 aliphatic heterocycles. The molecule has 3 N–H and O–H groups in total. The average Bonchev–Trinajstić information content (AvgIpc) is 3.80. The Balaban J connectivity index is 1.28. The van der Waals surface area contributed by atoms with Crippen molar-refractivity contribution < 1.29 is 18.7 Å². The number of benzene rings is 1. The van der Waals surface area contributed by atoms with Crippen LogP contribution in [0.4, 0.5) is 10.3 Å². The number of ether oxygens (including phenoxy) is 2. The van der Waals surface area contributed by atoms with E-state index in [1.807, 2.05) is 6.92 Å². The van der Waals surface area contributed by atoms with Crippen molar-refractivity contribution in [1.29, 1.82) is 0 Å². The Morgan fingerprint density at radius 1 is 1.06 bits per heavy atom. The number of amides is 1. The van der Waals surface area contributed by atoms with E-state index in [9.17, 15) is 9.18 Å². The molecule has 2 aromatic heterocycles. The van der Waals surface area contributed by atoms with Gasteiger partial charge in [-0.15, -0.1) is 0 Å². The molecule has 0 spiro atoms. The molecular weight excluding hydrogens is 451 g/mol. The van der Waals surface area contributed by atoms with E-state index in [2.05, 4.69) is 25.6 Å². The number of hydrogen-bond acceptors (Lipinski definition) is 7. The SMILES string of the molecule is CC1(C(=O)NC2CC2)COC(c2nc(-c3ccc(F)cc3)c(-c3ccnc(NC4CC4)n3)[nH]2)OC1. The molecule has 35 heavy (non-hydrogen) atoms. The predicted molar refractivity (Wildman–Crippen MR) is 126 cm³/mol. The second kappa shape index (κ2) is 8.69. The van der Waals surface area contributed by atoms with Crippen LogP contribution in [0.5, 0.6) is 0 Å². The normalized spacial score (nSPS) is 24.2. The van der Waals surface area contributed by atoms with Crippen molar-refractivity contribution in [3.8, 4) is 22.6 Å². The van der Waals surface area contributed by atoms with Gasteiger partial charge in [-0.05, 0) is 62.9 Å². The fourth-order valence-corrected chi connectivity index (χ4v) is 3.97. The summed E-state index contributed by atoms with van der Waals surface area (Å²) in [5.41, 5.74) is 1.86. The molecule has 2 saturated carbocycles. The van der Waals surface area contributed by atoms with Crippen molar-refractivity contribution in [1.82, 2.24) is 25.3 Å². The highest BCUT2D eigenvalue weighted by atomic mass is 19.1. The first-order chi connectivity index (χ1) is 17.0. The van der Waals surface area contributed by atoms with Crippen LogP contribution in [-0.2, 0) is 14.3 Å². The first-order valence-corrected chi connectivity index (χ1v) is 12.0. The first-order valence-electron chi connectivity index (χ1n) is 12.0. The Morgan fingerprint density at radius 2 is 1.77 bits per heavy atom. The zero-order valence-corrected chi connectivity index (χ0v) is 19.4. The highest BCUT2D eigenvalue weighted by molar-refractivity contribution is 5.83. The molecule has 182 valence electrons. The fraction of sp³-hybridized carbons (Fsp3) is 0.440. The summed E-state index contributed by atoms with van der Waals surface area (Å²) in [5.74, 6) is 0.627. The van der Waals surface area contributed by atoms with Crippen molar-refractivity contribution in [2.45, 2.75) is 51.0 Å². The maximum absolute atomic E-state index is 13.6. The van der Waals surface area contributed by atoms with Gasteiger partial charge in [0.1, 0.15) is 5.82 Å². The quantitative estimate of drug-likeness (QED) is 0.476. The molecule has 6 rings (SSSR count). The molecule has 0 radical (unpaired) electrons. The van der Waals surface area contributed by atoms with Gasteiger partial charge in [0.05, 0.1) is 35.7 Å². The Morgan fingerprint density at radius 3 is 2.46 bits per heavy atom. The third kappa shape index (κ3) is 4.76. The number of rotatable bonds is 7. The lowest BCUT2D eigenvalue weighted by Crippen LogP contribution is -2.49. The van der Waals surface area contributed by atoms with E-state index in [1.165, 1.54) is 12.1 Å². The summed E-state index contributed by atoms with van der Waals surface area (Å²) in [5, 5.41) is 6.34. The maximum atomic E-state index is 13.6. The second-order valence-electron chi connectivity index (χ2n) is 9.80. The third-order valence-corrected chi connectivity index (χ3v) is 6.45. The van der Waals surface area contributed by atoms with Crippen LogP contribution < -0.4 is 10.6 Å². The number of nitrogens with zero attached hydrogens (tertiary/aromatic N) is 3. The van der Waals surface area contributed by atoms with Crippen LogP contribution >= 0.6 is 0 Å². The van der Waals surface area contributed by atoms with Gasteiger partial charge in [0.15, 0.2) is 5.82 Å². The van der Waals surface area contributed by atoms with E-state index in [0.29, 0.717) is 34.9 Å². The van der Waals surface area contributed by atoms with Crippen molar-refractivity contribution in [3.05, 3.63) is 48.2 Å². The van der Waals surface area contributed by atoms with Gasteiger partial charge in [-0.3, -0.25) is 4.79 Å². The van der Waals surface area contributed by atoms with Crippen LogP contribution in [-0.4, -0.2) is 51.1 Å². The molecule has 1 aromatic carbocycles. The van der Waals surface area contributed by atoms with Gasteiger partial charge < -0.3 is 25.1 Å². The Labute approximate surface area is 201 Å². The van der Waals surface area contributed by atoms with Gasteiger partial charge >= 0.3 is 0 Å². The van der Waals surface area contributed by atoms with Crippen molar-refractivity contribution in [2.24, 2.45) is 5.41 Å². The summed E-state index contributed by atoms with van der Waals surface area (Å²) in [6.07, 6.45) is 5.19. The molecule has 3 aromatic rings. The zero-order chi connectivity index (χ0) is 24.0.